The third kappa shape index (κ3) is 63.2. The molecule has 2 unspecified atom stereocenters. The molecule has 0 fully saturated rings. The third-order valence-electron chi connectivity index (χ3n) is 15.7. The van der Waals surface area contributed by atoms with Crippen molar-refractivity contribution in [2.45, 2.75) is 360 Å². The van der Waals surface area contributed by atoms with Crippen molar-refractivity contribution in [3.05, 3.63) is 24.3 Å². The van der Waals surface area contributed by atoms with Crippen molar-refractivity contribution in [3.8, 4) is 0 Å². The van der Waals surface area contributed by atoms with Gasteiger partial charge in [-0.3, -0.25) is 9.59 Å². The minimum Gasteiger partial charge on any atom is -0.477 e. The lowest BCUT2D eigenvalue weighted by Crippen LogP contribution is -2.40. The average Bonchev–Trinajstić information content (AvgIpc) is 3.42. The summed E-state index contributed by atoms with van der Waals surface area (Å²) in [5.74, 6) is -2.01. The van der Waals surface area contributed by atoms with Gasteiger partial charge in [-0.1, -0.05) is 321 Å². The fraction of sp³-hybridized carbons (Fsp3) is 0.900. The van der Waals surface area contributed by atoms with E-state index in [1.54, 1.807) is 0 Å². The number of unbranched alkanes of at least 4 members (excludes halogenated alkanes) is 46. The summed E-state index contributed by atoms with van der Waals surface area (Å²) in [7, 11) is 5.97. The summed E-state index contributed by atoms with van der Waals surface area (Å²) in [6.07, 6.45) is 73.4. The van der Waals surface area contributed by atoms with Crippen molar-refractivity contribution >= 4 is 17.9 Å². The monoisotopic (exact) mass is 1120 g/mol. The Hall–Kier alpha value is -2.23. The SMILES string of the molecule is CCC/C=C\C/C=C\CCCCCCCC(=O)OC(COC(=O)CCCCCCCCCCCCCCCCCCCCCCCCCCCCCCCCCCCCCCCCCCC)COC(OCC[N+](C)(C)C)C(=O)O. The van der Waals surface area contributed by atoms with Crippen LogP contribution in [-0.4, -0.2) is 87.4 Å². The van der Waals surface area contributed by atoms with E-state index in [1.165, 1.54) is 250 Å². The molecule has 9 nitrogen and oxygen atoms in total. The van der Waals surface area contributed by atoms with Gasteiger partial charge >= 0.3 is 17.9 Å². The number of carboxylic acids is 1. The summed E-state index contributed by atoms with van der Waals surface area (Å²) < 4.78 is 22.9. The molecule has 0 saturated carbocycles. The first kappa shape index (κ1) is 76.8. The second-order valence-electron chi connectivity index (χ2n) is 24.8. The van der Waals surface area contributed by atoms with Crippen LogP contribution in [0.4, 0.5) is 0 Å². The van der Waals surface area contributed by atoms with Crippen molar-refractivity contribution in [2.75, 3.05) is 47.5 Å². The largest absolute Gasteiger partial charge is 0.477 e. The second kappa shape index (κ2) is 61.8. The quantitative estimate of drug-likeness (QED) is 0.0211. The van der Waals surface area contributed by atoms with E-state index in [0.717, 1.165) is 64.2 Å². The van der Waals surface area contributed by atoms with Crippen LogP contribution in [-0.2, 0) is 33.3 Å². The van der Waals surface area contributed by atoms with Crippen molar-refractivity contribution < 1.29 is 42.9 Å². The average molecular weight is 1120 g/mol. The Labute approximate surface area is 490 Å². The Kier molecular flexibility index (Phi) is 60.1. The van der Waals surface area contributed by atoms with Gasteiger partial charge in [-0.05, 0) is 38.5 Å². The van der Waals surface area contributed by atoms with Gasteiger partial charge in [0.25, 0.3) is 6.29 Å². The Balaban J connectivity index is 3.82. The minimum absolute atomic E-state index is 0.183. The summed E-state index contributed by atoms with van der Waals surface area (Å²) in [6.45, 7) is 4.84. The van der Waals surface area contributed by atoms with Crippen LogP contribution >= 0.6 is 0 Å². The molecule has 2 atom stereocenters. The lowest BCUT2D eigenvalue weighted by Gasteiger charge is -2.25. The second-order valence-corrected chi connectivity index (χ2v) is 24.8. The van der Waals surface area contributed by atoms with Crippen LogP contribution in [0.1, 0.15) is 348 Å². The summed E-state index contributed by atoms with van der Waals surface area (Å²) in [5.41, 5.74) is 0. The van der Waals surface area contributed by atoms with E-state index in [-0.39, 0.29) is 32.2 Å². The van der Waals surface area contributed by atoms with Crippen molar-refractivity contribution in [2.24, 2.45) is 0 Å². The Morgan fingerprint density at radius 1 is 0.380 bits per heavy atom. The number of rotatable bonds is 65. The molecule has 0 amide bonds. The predicted octanol–water partition coefficient (Wildman–Crippen LogP) is 21.0. The molecule has 0 radical (unpaired) electrons. The lowest BCUT2D eigenvalue weighted by atomic mass is 10.0. The molecule has 1 N–H and O–H groups in total. The standard InChI is InChI=1S/C70H133NO8/c1-6-8-10-12-14-16-18-20-21-22-23-24-25-26-27-28-29-30-31-32-33-34-35-36-37-38-39-40-41-42-43-44-45-46-47-49-50-52-54-56-58-60-67(72)77-64-66(65-78-70(69(74)75)76-63-62-71(3,4)5)79-68(73)61-59-57-55-53-51-48-19-17-15-13-11-9-7-2/h11,13,17,19,66,70H,6-10,12,14-16,18,20-65H2,1-5H3/p+1/b13-11-,19-17-. The van der Waals surface area contributed by atoms with E-state index in [9.17, 15) is 19.5 Å². The molecule has 466 valence electrons. The van der Waals surface area contributed by atoms with Crippen LogP contribution in [0.3, 0.4) is 0 Å². The molecule has 0 bridgehead atoms. The molecule has 0 heterocycles. The maximum absolute atomic E-state index is 12.8. The number of nitrogens with zero attached hydrogens (tertiary/aromatic N) is 1. The van der Waals surface area contributed by atoms with Crippen LogP contribution in [0.5, 0.6) is 0 Å². The van der Waals surface area contributed by atoms with Crippen LogP contribution < -0.4 is 0 Å². The van der Waals surface area contributed by atoms with E-state index in [4.69, 9.17) is 18.9 Å². The van der Waals surface area contributed by atoms with Gasteiger partial charge in [-0.25, -0.2) is 4.79 Å². The van der Waals surface area contributed by atoms with Gasteiger partial charge in [0.05, 0.1) is 34.4 Å². The molecule has 0 aromatic carbocycles. The van der Waals surface area contributed by atoms with Gasteiger partial charge in [0.1, 0.15) is 13.2 Å². The molecule has 0 spiro atoms. The van der Waals surface area contributed by atoms with E-state index >= 15 is 0 Å². The predicted molar refractivity (Wildman–Crippen MR) is 337 cm³/mol. The zero-order valence-corrected chi connectivity index (χ0v) is 53.3. The van der Waals surface area contributed by atoms with Crippen molar-refractivity contribution in [1.29, 1.82) is 0 Å². The minimum atomic E-state index is -1.51. The molecule has 0 saturated heterocycles. The van der Waals surface area contributed by atoms with E-state index in [2.05, 4.69) is 38.2 Å². The van der Waals surface area contributed by atoms with Gasteiger partial charge < -0.3 is 28.5 Å². The number of likely N-dealkylation sites (N-methyl/N-ethyl adjacent to an activating group) is 1. The normalized spacial score (nSPS) is 12.8. The summed E-state index contributed by atoms with van der Waals surface area (Å²) >= 11 is 0. The maximum Gasteiger partial charge on any atom is 0.361 e. The number of carbonyl (C=O) groups is 3. The smallest absolute Gasteiger partial charge is 0.361 e. The molecule has 0 aliphatic carbocycles. The van der Waals surface area contributed by atoms with Gasteiger partial charge in [0, 0.05) is 12.8 Å². The molecule has 9 heteroatoms. The number of carboxylic acid groups (broad SMARTS) is 1. The fourth-order valence-corrected chi connectivity index (χ4v) is 10.4. The van der Waals surface area contributed by atoms with Crippen LogP contribution in [0, 0.1) is 0 Å². The number of aliphatic carboxylic acids is 1. The zero-order valence-electron chi connectivity index (χ0n) is 53.3. The highest BCUT2D eigenvalue weighted by Crippen LogP contribution is 2.19. The number of quaternary nitrogens is 1. The molecule has 79 heavy (non-hydrogen) atoms. The van der Waals surface area contributed by atoms with Crippen LogP contribution in [0.15, 0.2) is 24.3 Å². The summed E-state index contributed by atoms with van der Waals surface area (Å²) in [4.78, 5) is 37.4. The van der Waals surface area contributed by atoms with E-state index < -0.39 is 24.3 Å². The number of allylic oxidation sites excluding steroid dienone is 4. The molecule has 0 aliphatic heterocycles. The van der Waals surface area contributed by atoms with Gasteiger partial charge in [-0.15, -0.1) is 0 Å². The third-order valence-corrected chi connectivity index (χ3v) is 15.7. The zero-order chi connectivity index (χ0) is 57.6. The van der Waals surface area contributed by atoms with E-state index in [1.807, 2.05) is 21.1 Å². The van der Waals surface area contributed by atoms with Gasteiger partial charge in [0.15, 0.2) is 6.10 Å². The van der Waals surface area contributed by atoms with Crippen LogP contribution in [0.25, 0.3) is 0 Å². The summed E-state index contributed by atoms with van der Waals surface area (Å²) in [6, 6.07) is 0. The first-order valence-electron chi connectivity index (χ1n) is 34.5. The lowest BCUT2D eigenvalue weighted by molar-refractivity contribution is -0.870. The number of esters is 2. The number of hydrogen-bond donors (Lipinski definition) is 1. The van der Waals surface area contributed by atoms with Crippen molar-refractivity contribution in [1.82, 2.24) is 0 Å². The first-order valence-corrected chi connectivity index (χ1v) is 34.5. The Morgan fingerprint density at radius 2 is 0.709 bits per heavy atom. The van der Waals surface area contributed by atoms with E-state index in [0.29, 0.717) is 23.9 Å². The number of hydrogen-bond acceptors (Lipinski definition) is 7. The topological polar surface area (TPSA) is 108 Å². The maximum atomic E-state index is 12.8. The molecule has 0 rings (SSSR count). The highest BCUT2D eigenvalue weighted by atomic mass is 16.7. The Morgan fingerprint density at radius 3 is 1.05 bits per heavy atom. The molecule has 0 aromatic heterocycles. The first-order chi connectivity index (χ1) is 38.6. The molecule has 0 aromatic rings. The molecular formula is C70H134NO8+. The van der Waals surface area contributed by atoms with Gasteiger partial charge in [-0.2, -0.15) is 0 Å². The molecule has 0 aliphatic rings. The number of ether oxygens (including phenoxy) is 4. The van der Waals surface area contributed by atoms with Crippen LogP contribution in [0.2, 0.25) is 0 Å². The Bertz CT molecular complexity index is 1340. The highest BCUT2D eigenvalue weighted by molar-refractivity contribution is 5.71. The molecular weight excluding hydrogens is 983 g/mol. The number of carbonyl (C=O) groups excluding carboxylic acids is 2. The van der Waals surface area contributed by atoms with Gasteiger partial charge in [0.2, 0.25) is 0 Å². The van der Waals surface area contributed by atoms with Crippen molar-refractivity contribution in [3.63, 3.8) is 0 Å². The summed E-state index contributed by atoms with van der Waals surface area (Å²) in [5, 5.41) is 9.70. The fourth-order valence-electron chi connectivity index (χ4n) is 10.4. The highest BCUT2D eigenvalue weighted by Gasteiger charge is 2.25.